The molecule has 0 saturated carbocycles. The van der Waals surface area contributed by atoms with Crippen molar-refractivity contribution in [3.05, 3.63) is 101 Å². The summed E-state index contributed by atoms with van der Waals surface area (Å²) in [5.41, 5.74) is 3.71. The molecular weight excluding hydrogens is 278 g/mol. The number of hydrogen-bond acceptors (Lipinski definition) is 0. The Kier molecular flexibility index (Phi) is 4.03. The summed E-state index contributed by atoms with van der Waals surface area (Å²) in [4.78, 5) is 0. The van der Waals surface area contributed by atoms with Crippen LogP contribution in [0.25, 0.3) is 0 Å². The van der Waals surface area contributed by atoms with Crippen molar-refractivity contribution in [3.8, 4) is 0 Å². The van der Waals surface area contributed by atoms with Gasteiger partial charge in [0.05, 0.1) is 0 Å². The van der Waals surface area contributed by atoms with Gasteiger partial charge in [-0.3, -0.25) is 0 Å². The van der Waals surface area contributed by atoms with Gasteiger partial charge >= 0.3 is 0 Å². The van der Waals surface area contributed by atoms with Crippen LogP contribution in [0.2, 0.25) is 5.02 Å². The van der Waals surface area contributed by atoms with Gasteiger partial charge in [-0.2, -0.15) is 4.57 Å². The number of benzene rings is 2. The summed E-state index contributed by atoms with van der Waals surface area (Å²) in [5, 5.41) is 0.764. The van der Waals surface area contributed by atoms with Gasteiger partial charge in [0, 0.05) is 35.2 Å². The van der Waals surface area contributed by atoms with E-state index in [0.717, 1.165) is 5.02 Å². The normalized spacial score (nSPS) is 12.1. The number of aryl methyl sites for hydroxylation is 1. The van der Waals surface area contributed by atoms with Crippen LogP contribution in [0.1, 0.15) is 22.9 Å². The largest absolute Gasteiger partial charge is 0.209 e. The fraction of sp³-hybridized carbons (Fsp3) is 0.105. The van der Waals surface area contributed by atoms with Gasteiger partial charge in [0.15, 0.2) is 11.9 Å². The molecule has 0 fully saturated rings. The van der Waals surface area contributed by atoms with Crippen molar-refractivity contribution in [2.45, 2.75) is 13.0 Å². The SMILES string of the molecule is Cc1cccc[n+]1[C@@H](c1ccccc1)c1ccc(Cl)cc1. The lowest BCUT2D eigenvalue weighted by Gasteiger charge is -2.15. The van der Waals surface area contributed by atoms with E-state index in [2.05, 4.69) is 72.3 Å². The monoisotopic (exact) mass is 294 g/mol. The van der Waals surface area contributed by atoms with Crippen molar-refractivity contribution in [3.63, 3.8) is 0 Å². The molecule has 0 aliphatic heterocycles. The Morgan fingerprint density at radius 2 is 1.38 bits per heavy atom. The molecule has 0 radical (unpaired) electrons. The molecule has 0 spiro atoms. The maximum atomic E-state index is 6.03. The van der Waals surface area contributed by atoms with Crippen molar-refractivity contribution < 1.29 is 4.57 Å². The molecule has 0 saturated heterocycles. The fourth-order valence-electron chi connectivity index (χ4n) is 2.62. The Morgan fingerprint density at radius 3 is 2.05 bits per heavy atom. The number of rotatable bonds is 3. The van der Waals surface area contributed by atoms with E-state index in [-0.39, 0.29) is 6.04 Å². The van der Waals surface area contributed by atoms with Crippen molar-refractivity contribution in [1.82, 2.24) is 0 Å². The molecule has 1 heterocycles. The lowest BCUT2D eigenvalue weighted by atomic mass is 9.98. The lowest BCUT2D eigenvalue weighted by molar-refractivity contribution is -0.710. The van der Waals surface area contributed by atoms with Gasteiger partial charge in [0.1, 0.15) is 0 Å². The van der Waals surface area contributed by atoms with Crippen LogP contribution in [0.4, 0.5) is 0 Å². The van der Waals surface area contributed by atoms with E-state index in [9.17, 15) is 0 Å². The molecule has 0 unspecified atom stereocenters. The van der Waals surface area contributed by atoms with Crippen LogP contribution in [-0.4, -0.2) is 0 Å². The number of hydrogen-bond donors (Lipinski definition) is 0. The highest BCUT2D eigenvalue weighted by Crippen LogP contribution is 2.23. The second kappa shape index (κ2) is 6.11. The average Bonchev–Trinajstić information content (AvgIpc) is 2.52. The molecule has 2 aromatic carbocycles. The lowest BCUT2D eigenvalue weighted by Crippen LogP contribution is -2.43. The Morgan fingerprint density at radius 1 is 0.762 bits per heavy atom. The van der Waals surface area contributed by atoms with Gasteiger partial charge in [-0.25, -0.2) is 0 Å². The summed E-state index contributed by atoms with van der Waals surface area (Å²) in [6.07, 6.45) is 2.13. The third kappa shape index (κ3) is 2.98. The highest BCUT2D eigenvalue weighted by Gasteiger charge is 2.24. The molecule has 1 aromatic heterocycles. The second-order valence-electron chi connectivity index (χ2n) is 5.11. The molecular formula is C19H17ClN+. The second-order valence-corrected chi connectivity index (χ2v) is 5.55. The first kappa shape index (κ1) is 13.8. The van der Waals surface area contributed by atoms with Crippen LogP contribution >= 0.6 is 11.6 Å². The van der Waals surface area contributed by atoms with E-state index < -0.39 is 0 Å². The van der Waals surface area contributed by atoms with Crippen molar-refractivity contribution in [2.75, 3.05) is 0 Å². The predicted octanol–water partition coefficient (Wildman–Crippen LogP) is 4.57. The average molecular weight is 295 g/mol. The van der Waals surface area contributed by atoms with E-state index in [0.29, 0.717) is 0 Å². The molecule has 1 atom stereocenters. The third-order valence-corrected chi connectivity index (χ3v) is 3.93. The maximum Gasteiger partial charge on any atom is 0.209 e. The Hall–Kier alpha value is -2.12. The summed E-state index contributed by atoms with van der Waals surface area (Å²) in [6, 6.07) is 25.1. The van der Waals surface area contributed by atoms with Crippen LogP contribution in [0.15, 0.2) is 79.0 Å². The molecule has 21 heavy (non-hydrogen) atoms. The number of halogens is 1. The van der Waals surface area contributed by atoms with Gasteiger partial charge in [0.25, 0.3) is 0 Å². The molecule has 3 aromatic rings. The summed E-state index contributed by atoms with van der Waals surface area (Å²) in [6.45, 7) is 2.13. The Bertz CT molecular complexity index is 720. The van der Waals surface area contributed by atoms with Crippen molar-refractivity contribution in [1.29, 1.82) is 0 Å². The van der Waals surface area contributed by atoms with E-state index in [1.807, 2.05) is 18.2 Å². The van der Waals surface area contributed by atoms with Gasteiger partial charge in [-0.15, -0.1) is 0 Å². The quantitative estimate of drug-likeness (QED) is 0.623. The molecule has 0 aliphatic rings. The zero-order valence-corrected chi connectivity index (χ0v) is 12.7. The molecule has 104 valence electrons. The molecule has 0 aliphatic carbocycles. The topological polar surface area (TPSA) is 3.88 Å². The standard InChI is InChI=1S/C19H17ClN/c1-15-7-5-6-14-21(15)19(16-8-3-2-4-9-16)17-10-12-18(20)13-11-17/h2-14,19H,1H3/q+1/t19-/m0/s1. The van der Waals surface area contributed by atoms with Crippen LogP contribution < -0.4 is 4.57 Å². The highest BCUT2D eigenvalue weighted by molar-refractivity contribution is 6.30. The fourth-order valence-corrected chi connectivity index (χ4v) is 2.75. The van der Waals surface area contributed by atoms with Crippen LogP contribution in [0.5, 0.6) is 0 Å². The molecule has 0 N–H and O–H groups in total. The molecule has 2 heteroatoms. The summed E-state index contributed by atoms with van der Waals surface area (Å²) < 4.78 is 2.29. The minimum absolute atomic E-state index is 0.157. The zero-order valence-electron chi connectivity index (χ0n) is 11.9. The smallest absolute Gasteiger partial charge is 0.191 e. The van der Waals surface area contributed by atoms with Crippen LogP contribution in [0, 0.1) is 6.92 Å². The van der Waals surface area contributed by atoms with E-state index in [1.165, 1.54) is 16.8 Å². The Labute approximate surface area is 130 Å². The number of aromatic nitrogens is 1. The van der Waals surface area contributed by atoms with Crippen LogP contribution in [0.3, 0.4) is 0 Å². The highest BCUT2D eigenvalue weighted by atomic mass is 35.5. The first-order chi connectivity index (χ1) is 10.3. The molecule has 0 amide bonds. The minimum Gasteiger partial charge on any atom is -0.191 e. The first-order valence-corrected chi connectivity index (χ1v) is 7.41. The number of pyridine rings is 1. The molecule has 0 bridgehead atoms. The van der Waals surface area contributed by atoms with E-state index in [4.69, 9.17) is 11.6 Å². The van der Waals surface area contributed by atoms with Gasteiger partial charge in [0.2, 0.25) is 6.04 Å². The van der Waals surface area contributed by atoms with Gasteiger partial charge in [-0.05, 0) is 12.1 Å². The van der Waals surface area contributed by atoms with Crippen molar-refractivity contribution >= 4 is 11.6 Å². The molecule has 1 nitrogen and oxygen atoms in total. The molecule has 3 rings (SSSR count). The van der Waals surface area contributed by atoms with Crippen LogP contribution in [-0.2, 0) is 0 Å². The first-order valence-electron chi connectivity index (χ1n) is 7.03. The minimum atomic E-state index is 0.157. The summed E-state index contributed by atoms with van der Waals surface area (Å²) >= 11 is 6.03. The predicted molar refractivity (Wildman–Crippen MR) is 86.5 cm³/mol. The zero-order chi connectivity index (χ0) is 14.7. The third-order valence-electron chi connectivity index (χ3n) is 3.68. The maximum absolute atomic E-state index is 6.03. The van der Waals surface area contributed by atoms with E-state index in [1.54, 1.807) is 0 Å². The van der Waals surface area contributed by atoms with E-state index >= 15 is 0 Å². The summed E-state index contributed by atoms with van der Waals surface area (Å²) in [5.74, 6) is 0. The summed E-state index contributed by atoms with van der Waals surface area (Å²) in [7, 11) is 0. The van der Waals surface area contributed by atoms with Gasteiger partial charge in [-0.1, -0.05) is 60.1 Å². The number of nitrogens with zero attached hydrogens (tertiary/aromatic N) is 1. The van der Waals surface area contributed by atoms with Crippen molar-refractivity contribution in [2.24, 2.45) is 0 Å². The Balaban J connectivity index is 2.16. The van der Waals surface area contributed by atoms with Gasteiger partial charge < -0.3 is 0 Å².